The number of phenols is 1. The molecule has 5 aliphatic heterocycles. The average molecular weight is 914 g/mol. The molecule has 2 unspecified atom stereocenters. The minimum atomic E-state index is -0.470. The third kappa shape index (κ3) is 8.28. The highest BCUT2D eigenvalue weighted by Crippen LogP contribution is 2.49. The Labute approximate surface area is 390 Å². The summed E-state index contributed by atoms with van der Waals surface area (Å²) >= 11 is 0. The van der Waals surface area contributed by atoms with Crippen molar-refractivity contribution >= 4 is 51.5 Å². The zero-order valence-electron chi connectivity index (χ0n) is 38.3. The number of aromatic hydroxyl groups is 1. The van der Waals surface area contributed by atoms with Crippen LogP contribution in [0.25, 0.3) is 22.3 Å². The van der Waals surface area contributed by atoms with Crippen LogP contribution in [0.5, 0.6) is 5.75 Å². The normalized spacial score (nSPS) is 22.9. The Hall–Kier alpha value is -6.03. The number of anilines is 5. The molecule has 1 saturated carbocycles. The second-order valence-electron chi connectivity index (χ2n) is 20.2. The number of nitrogen functional groups attached to an aromatic ring is 1. The van der Waals surface area contributed by atoms with Crippen LogP contribution in [0.3, 0.4) is 0 Å². The number of hydrogen-bond acceptors (Lipinski definition) is 11. The van der Waals surface area contributed by atoms with Crippen LogP contribution in [-0.4, -0.2) is 106 Å². The minimum Gasteiger partial charge on any atom is -0.507 e. The van der Waals surface area contributed by atoms with Gasteiger partial charge in [-0.1, -0.05) is 6.92 Å². The van der Waals surface area contributed by atoms with E-state index in [2.05, 4.69) is 64.9 Å². The van der Waals surface area contributed by atoms with Gasteiger partial charge in [-0.15, -0.1) is 10.2 Å². The third-order valence-corrected chi connectivity index (χ3v) is 16.4. The molecule has 352 valence electrons. The molecule has 16 heteroatoms. The first-order valence-electron chi connectivity index (χ1n) is 24.5. The number of imide groups is 1. The average Bonchev–Trinajstić information content (AvgIpc) is 3.84. The Morgan fingerprint density at radius 3 is 2.30 bits per heavy atom. The summed E-state index contributed by atoms with van der Waals surface area (Å²) in [4.78, 5) is 40.5. The standard InChI is InChI=1S/C51H61F2N11O3/c1-2-33-29-63(49-40(33)24-39(27-55-49)62-20-13-47(66)56-50(62)67)35-9-14-51(15-10-35)16-21-59(22-17-51)28-32-11-18-60(19-12-32)44-25-36(6-7-42(44)53)64-37-4-5-38(64)31-61(30-37)45-26-43(57-58-48(45)54)41-23-34(52)3-8-46(41)65/h3,6-8,23-27,29,32,35,37-38,65H,2,4-5,9-22,28,30-31H2,1H3,(H2,54,58)(H,56,66,67). The summed E-state index contributed by atoms with van der Waals surface area (Å²) < 4.78 is 32.2. The highest BCUT2D eigenvalue weighted by atomic mass is 19.1. The fraction of sp³-hybridized carbons (Fsp3) is 0.510. The molecule has 3 amide bonds. The summed E-state index contributed by atoms with van der Waals surface area (Å²) in [5.41, 5.74) is 12.8. The molecular formula is C51H61F2N11O3. The number of aryl methyl sites for hydroxylation is 1. The molecule has 5 aromatic rings. The van der Waals surface area contributed by atoms with E-state index in [1.807, 2.05) is 6.07 Å². The first kappa shape index (κ1) is 43.5. The van der Waals surface area contributed by atoms with Gasteiger partial charge in [0.2, 0.25) is 5.91 Å². The van der Waals surface area contributed by atoms with Crippen LogP contribution in [0.1, 0.15) is 89.2 Å². The number of carbonyl (C=O) groups is 2. The maximum absolute atomic E-state index is 15.7. The highest BCUT2D eigenvalue weighted by molar-refractivity contribution is 6.06. The highest BCUT2D eigenvalue weighted by Gasteiger charge is 2.42. The van der Waals surface area contributed by atoms with Crippen molar-refractivity contribution in [1.29, 1.82) is 0 Å². The number of nitrogens with one attached hydrogen (secondary N) is 1. The fourth-order valence-electron chi connectivity index (χ4n) is 12.5. The van der Waals surface area contributed by atoms with Gasteiger partial charge in [0, 0.05) is 86.6 Å². The summed E-state index contributed by atoms with van der Waals surface area (Å²) in [7, 11) is 0. The molecule has 8 heterocycles. The van der Waals surface area contributed by atoms with E-state index in [0.29, 0.717) is 54.2 Å². The molecule has 6 fully saturated rings. The molecule has 14 nitrogen and oxygen atoms in total. The number of aromatic nitrogens is 4. The number of likely N-dealkylation sites (tertiary alicyclic amines) is 1. The minimum absolute atomic E-state index is 0.0726. The van der Waals surface area contributed by atoms with Gasteiger partial charge in [-0.25, -0.2) is 18.6 Å². The van der Waals surface area contributed by atoms with E-state index in [-0.39, 0.29) is 47.6 Å². The van der Waals surface area contributed by atoms with Crippen LogP contribution in [0.15, 0.2) is 60.9 Å². The Kier molecular flexibility index (Phi) is 11.4. The van der Waals surface area contributed by atoms with Gasteiger partial charge in [0.15, 0.2) is 5.82 Å². The third-order valence-electron chi connectivity index (χ3n) is 16.4. The molecule has 0 radical (unpaired) electrons. The van der Waals surface area contributed by atoms with Crippen LogP contribution in [0.2, 0.25) is 0 Å². The molecule has 11 rings (SSSR count). The van der Waals surface area contributed by atoms with Crippen LogP contribution >= 0.6 is 0 Å². The van der Waals surface area contributed by atoms with Crippen LogP contribution in [0, 0.1) is 23.0 Å². The zero-order valence-corrected chi connectivity index (χ0v) is 38.3. The number of nitrogens with zero attached hydrogens (tertiary/aromatic N) is 9. The fourth-order valence-corrected chi connectivity index (χ4v) is 12.5. The number of phenolic OH excluding ortho intramolecular Hbond substituents is 1. The van der Waals surface area contributed by atoms with Gasteiger partial charge in [0.05, 0.1) is 29.0 Å². The number of pyridine rings is 1. The zero-order chi connectivity index (χ0) is 46.0. The Morgan fingerprint density at radius 2 is 1.57 bits per heavy atom. The lowest BCUT2D eigenvalue weighted by atomic mass is 9.67. The van der Waals surface area contributed by atoms with Gasteiger partial charge >= 0.3 is 6.03 Å². The van der Waals surface area contributed by atoms with Crippen LogP contribution in [0.4, 0.5) is 42.1 Å². The number of urea groups is 1. The first-order valence-corrected chi connectivity index (χ1v) is 24.5. The summed E-state index contributed by atoms with van der Waals surface area (Å²) in [6.07, 6.45) is 16.6. The quantitative estimate of drug-likeness (QED) is 0.132. The monoisotopic (exact) mass is 913 g/mol. The van der Waals surface area contributed by atoms with E-state index in [4.69, 9.17) is 10.7 Å². The second kappa shape index (κ2) is 17.6. The summed E-state index contributed by atoms with van der Waals surface area (Å²) in [6, 6.07) is 13.7. The van der Waals surface area contributed by atoms with Gasteiger partial charge in [0.25, 0.3) is 0 Å². The van der Waals surface area contributed by atoms with E-state index < -0.39 is 5.82 Å². The first-order chi connectivity index (χ1) is 32.5. The van der Waals surface area contributed by atoms with Crippen molar-refractivity contribution in [3.05, 3.63) is 78.1 Å². The number of benzene rings is 2. The van der Waals surface area contributed by atoms with Gasteiger partial charge < -0.3 is 35.0 Å². The molecule has 2 bridgehead atoms. The lowest BCUT2D eigenvalue weighted by Gasteiger charge is -2.47. The molecule has 6 aliphatic rings. The molecule has 67 heavy (non-hydrogen) atoms. The predicted octanol–water partition coefficient (Wildman–Crippen LogP) is 8.04. The number of amides is 3. The van der Waals surface area contributed by atoms with E-state index in [1.165, 1.54) is 49.4 Å². The maximum Gasteiger partial charge on any atom is 0.328 e. The number of piperazine rings is 1. The second-order valence-corrected chi connectivity index (χ2v) is 20.2. The number of carbonyl (C=O) groups excluding carboxylic acids is 2. The number of rotatable bonds is 9. The van der Waals surface area contributed by atoms with Crippen molar-refractivity contribution in [2.45, 2.75) is 102 Å². The Morgan fingerprint density at radius 1 is 0.806 bits per heavy atom. The SMILES string of the molecule is CCc1cn(C2CCC3(CC2)CCN(CC2CCN(c4cc(N5C6CCC5CN(c5cc(-c7cc(F)ccc7O)nnc5N)C6)ccc4F)CC2)CC3)c2ncc(N3CCC(=O)NC3=O)cc12. The molecule has 4 N–H and O–H groups in total. The van der Waals surface area contributed by atoms with Crippen molar-refractivity contribution < 1.29 is 23.5 Å². The lowest BCUT2D eigenvalue weighted by molar-refractivity contribution is -0.120. The molecule has 1 spiro atoms. The molecule has 2 atom stereocenters. The topological polar surface area (TPSA) is 152 Å². The summed E-state index contributed by atoms with van der Waals surface area (Å²) in [6.45, 7) is 9.04. The molecule has 3 aromatic heterocycles. The van der Waals surface area contributed by atoms with E-state index in [9.17, 15) is 19.1 Å². The Balaban J connectivity index is 0.672. The predicted molar refractivity (Wildman–Crippen MR) is 257 cm³/mol. The van der Waals surface area contributed by atoms with Crippen LogP contribution in [-0.2, 0) is 11.2 Å². The van der Waals surface area contributed by atoms with Crippen molar-refractivity contribution in [3.8, 4) is 17.0 Å². The molecule has 2 aromatic carbocycles. The molecule has 1 aliphatic carbocycles. The number of hydrogen-bond donors (Lipinski definition) is 3. The van der Waals surface area contributed by atoms with Gasteiger partial charge in [-0.2, -0.15) is 0 Å². The van der Waals surface area contributed by atoms with Gasteiger partial charge in [-0.3, -0.25) is 15.0 Å². The largest absolute Gasteiger partial charge is 0.507 e. The van der Waals surface area contributed by atoms with Crippen LogP contribution < -0.4 is 30.7 Å². The number of nitrogens with two attached hydrogens (primary N) is 1. The Bertz CT molecular complexity index is 2670. The smallest absolute Gasteiger partial charge is 0.328 e. The summed E-state index contributed by atoms with van der Waals surface area (Å²) in [5, 5.41) is 22.3. The van der Waals surface area contributed by atoms with Gasteiger partial charge in [0.1, 0.15) is 23.0 Å². The van der Waals surface area contributed by atoms with E-state index in [1.54, 1.807) is 23.2 Å². The maximum atomic E-state index is 15.7. The van der Waals surface area contributed by atoms with Gasteiger partial charge in [-0.05, 0) is 149 Å². The molecule has 5 saturated heterocycles. The molecular weight excluding hydrogens is 853 g/mol. The van der Waals surface area contributed by atoms with Crippen molar-refractivity contribution in [2.24, 2.45) is 11.3 Å². The van der Waals surface area contributed by atoms with E-state index >= 15 is 4.39 Å². The van der Waals surface area contributed by atoms with Crippen molar-refractivity contribution in [3.63, 3.8) is 0 Å². The van der Waals surface area contributed by atoms with Crippen molar-refractivity contribution in [1.82, 2.24) is 30.0 Å². The van der Waals surface area contributed by atoms with E-state index in [0.717, 1.165) is 106 Å². The number of halogens is 2. The summed E-state index contributed by atoms with van der Waals surface area (Å²) in [5.74, 6) is -0.0532. The van der Waals surface area contributed by atoms with Crippen molar-refractivity contribution in [2.75, 3.05) is 77.7 Å². The number of fused-ring (bicyclic) bond motifs is 3. The number of piperidine rings is 2. The lowest BCUT2D eigenvalue weighted by Crippen LogP contribution is -2.54.